The zero-order chi connectivity index (χ0) is 20.5. The molecule has 2 aromatic carbocycles. The molecule has 0 aromatic heterocycles. The lowest BCUT2D eigenvalue weighted by Crippen LogP contribution is -2.34. The van der Waals surface area contributed by atoms with Gasteiger partial charge in [0.05, 0.1) is 7.11 Å². The SMILES string of the molecule is COc1cccc(C(=O)NCC(=O)OCC(=O)N(C)Cc2ccc(Cl)cc2)c1. The molecule has 1 N–H and O–H groups in total. The van der Waals surface area contributed by atoms with Gasteiger partial charge < -0.3 is 19.7 Å². The first-order valence-electron chi connectivity index (χ1n) is 8.45. The van der Waals surface area contributed by atoms with E-state index in [4.69, 9.17) is 21.1 Å². The first kappa shape index (κ1) is 21.2. The van der Waals surface area contributed by atoms with Gasteiger partial charge in [-0.2, -0.15) is 0 Å². The van der Waals surface area contributed by atoms with Crippen LogP contribution in [0, 0.1) is 0 Å². The maximum absolute atomic E-state index is 12.1. The van der Waals surface area contributed by atoms with E-state index >= 15 is 0 Å². The van der Waals surface area contributed by atoms with Crippen LogP contribution in [0.4, 0.5) is 0 Å². The number of nitrogens with one attached hydrogen (secondary N) is 1. The maximum Gasteiger partial charge on any atom is 0.325 e. The Balaban J connectivity index is 1.74. The predicted molar refractivity (Wildman–Crippen MR) is 104 cm³/mol. The van der Waals surface area contributed by atoms with Crippen LogP contribution in [0.3, 0.4) is 0 Å². The second kappa shape index (κ2) is 10.3. The van der Waals surface area contributed by atoms with Gasteiger partial charge in [0.25, 0.3) is 11.8 Å². The molecule has 148 valence electrons. The summed E-state index contributed by atoms with van der Waals surface area (Å²) in [6.07, 6.45) is 0. The summed E-state index contributed by atoms with van der Waals surface area (Å²) in [5.74, 6) is -0.974. The van der Waals surface area contributed by atoms with Crippen LogP contribution in [0.2, 0.25) is 5.02 Å². The van der Waals surface area contributed by atoms with Crippen molar-refractivity contribution in [2.45, 2.75) is 6.54 Å². The Kier molecular flexibility index (Phi) is 7.83. The highest BCUT2D eigenvalue weighted by molar-refractivity contribution is 6.30. The minimum absolute atomic E-state index is 0.343. The van der Waals surface area contributed by atoms with Gasteiger partial charge in [-0.25, -0.2) is 0 Å². The standard InChI is InChI=1S/C20H21ClN2O5/c1-23(12-14-6-8-16(21)9-7-14)18(24)13-28-19(25)11-22-20(26)15-4-3-5-17(10-15)27-2/h3-10H,11-13H2,1-2H3,(H,22,26). The summed E-state index contributed by atoms with van der Waals surface area (Å²) in [5.41, 5.74) is 1.25. The molecule has 0 radical (unpaired) electrons. The highest BCUT2D eigenvalue weighted by Crippen LogP contribution is 2.12. The van der Waals surface area contributed by atoms with Crippen molar-refractivity contribution >= 4 is 29.4 Å². The molecule has 0 saturated heterocycles. The molecule has 0 saturated carbocycles. The Morgan fingerprint density at radius 3 is 2.50 bits per heavy atom. The smallest absolute Gasteiger partial charge is 0.325 e. The number of benzene rings is 2. The lowest BCUT2D eigenvalue weighted by molar-refractivity contribution is -0.150. The van der Waals surface area contributed by atoms with Crippen molar-refractivity contribution in [3.8, 4) is 5.75 Å². The Morgan fingerprint density at radius 1 is 1.11 bits per heavy atom. The number of amides is 2. The fraction of sp³-hybridized carbons (Fsp3) is 0.250. The molecule has 0 heterocycles. The van der Waals surface area contributed by atoms with E-state index in [1.165, 1.54) is 12.0 Å². The zero-order valence-corrected chi connectivity index (χ0v) is 16.4. The van der Waals surface area contributed by atoms with Gasteiger partial charge in [0.1, 0.15) is 12.3 Å². The van der Waals surface area contributed by atoms with E-state index in [2.05, 4.69) is 5.32 Å². The summed E-state index contributed by atoms with van der Waals surface area (Å²) in [7, 11) is 3.10. The highest BCUT2D eigenvalue weighted by Gasteiger charge is 2.14. The van der Waals surface area contributed by atoms with E-state index < -0.39 is 18.5 Å². The number of nitrogens with zero attached hydrogens (tertiary/aromatic N) is 1. The topological polar surface area (TPSA) is 84.9 Å². The quantitative estimate of drug-likeness (QED) is 0.682. The lowest BCUT2D eigenvalue weighted by Gasteiger charge is -2.17. The van der Waals surface area contributed by atoms with Crippen molar-refractivity contribution in [2.75, 3.05) is 27.3 Å². The lowest BCUT2D eigenvalue weighted by atomic mass is 10.2. The summed E-state index contributed by atoms with van der Waals surface area (Å²) >= 11 is 5.83. The number of rotatable bonds is 8. The summed E-state index contributed by atoms with van der Waals surface area (Å²) in [4.78, 5) is 37.3. The van der Waals surface area contributed by atoms with Crippen LogP contribution in [0.5, 0.6) is 5.75 Å². The fourth-order valence-electron chi connectivity index (χ4n) is 2.27. The third-order valence-electron chi connectivity index (χ3n) is 3.84. The number of esters is 1. The van der Waals surface area contributed by atoms with E-state index in [1.807, 2.05) is 12.1 Å². The van der Waals surface area contributed by atoms with Crippen molar-refractivity contribution in [2.24, 2.45) is 0 Å². The summed E-state index contributed by atoms with van der Waals surface area (Å²) in [6, 6.07) is 13.6. The number of likely N-dealkylation sites (N-methyl/N-ethyl adjacent to an activating group) is 1. The molecule has 0 unspecified atom stereocenters. The van der Waals surface area contributed by atoms with Crippen LogP contribution in [-0.4, -0.2) is 50.0 Å². The molecule has 7 nitrogen and oxygen atoms in total. The normalized spacial score (nSPS) is 10.1. The van der Waals surface area contributed by atoms with Gasteiger partial charge in [0.2, 0.25) is 0 Å². The molecule has 0 aliphatic heterocycles. The number of carbonyl (C=O) groups is 3. The van der Waals surface area contributed by atoms with Gasteiger partial charge in [-0.3, -0.25) is 14.4 Å². The van der Waals surface area contributed by atoms with E-state index in [9.17, 15) is 14.4 Å². The Hall–Kier alpha value is -3.06. The summed E-state index contributed by atoms with van der Waals surface area (Å²) < 4.78 is 9.97. The molecule has 2 amide bonds. The van der Waals surface area contributed by atoms with Gasteiger partial charge in [-0.15, -0.1) is 0 Å². The minimum atomic E-state index is -0.704. The van der Waals surface area contributed by atoms with Crippen LogP contribution in [-0.2, 0) is 20.9 Å². The van der Waals surface area contributed by atoms with E-state index in [-0.39, 0.29) is 12.5 Å². The average molecular weight is 405 g/mol. The Labute approximate surface area is 168 Å². The predicted octanol–water partition coefficient (Wildman–Crippen LogP) is 2.28. The van der Waals surface area contributed by atoms with Crippen molar-refractivity contribution < 1.29 is 23.9 Å². The van der Waals surface area contributed by atoms with Crippen LogP contribution in [0.1, 0.15) is 15.9 Å². The van der Waals surface area contributed by atoms with E-state index in [0.717, 1.165) is 5.56 Å². The molecule has 8 heteroatoms. The number of hydrogen-bond donors (Lipinski definition) is 1. The molecule has 0 bridgehead atoms. The maximum atomic E-state index is 12.1. The molecule has 0 atom stereocenters. The van der Waals surface area contributed by atoms with Crippen LogP contribution in [0.25, 0.3) is 0 Å². The molecule has 2 aromatic rings. The zero-order valence-electron chi connectivity index (χ0n) is 15.6. The molecule has 0 aliphatic rings. The van der Waals surface area contributed by atoms with E-state index in [1.54, 1.807) is 43.4 Å². The Bertz CT molecular complexity index is 839. The molecule has 0 fully saturated rings. The fourth-order valence-corrected chi connectivity index (χ4v) is 2.40. The molecular formula is C20H21ClN2O5. The third-order valence-corrected chi connectivity index (χ3v) is 4.09. The minimum Gasteiger partial charge on any atom is -0.497 e. The van der Waals surface area contributed by atoms with Crippen molar-refractivity contribution in [1.29, 1.82) is 0 Å². The molecule has 0 spiro atoms. The first-order valence-corrected chi connectivity index (χ1v) is 8.83. The monoisotopic (exact) mass is 404 g/mol. The largest absolute Gasteiger partial charge is 0.497 e. The molecule has 2 rings (SSSR count). The van der Waals surface area contributed by atoms with Gasteiger partial charge >= 0.3 is 5.97 Å². The van der Waals surface area contributed by atoms with Crippen molar-refractivity contribution in [3.63, 3.8) is 0 Å². The van der Waals surface area contributed by atoms with Gasteiger partial charge in [0.15, 0.2) is 6.61 Å². The second-order valence-electron chi connectivity index (χ2n) is 5.95. The van der Waals surface area contributed by atoms with Crippen LogP contribution < -0.4 is 10.1 Å². The first-order chi connectivity index (χ1) is 13.4. The van der Waals surface area contributed by atoms with Crippen molar-refractivity contribution in [3.05, 3.63) is 64.7 Å². The van der Waals surface area contributed by atoms with E-state index in [0.29, 0.717) is 22.9 Å². The van der Waals surface area contributed by atoms with Gasteiger partial charge in [-0.05, 0) is 35.9 Å². The van der Waals surface area contributed by atoms with Crippen LogP contribution in [0.15, 0.2) is 48.5 Å². The number of ether oxygens (including phenoxy) is 2. The Morgan fingerprint density at radius 2 is 1.82 bits per heavy atom. The number of carbonyl (C=O) groups excluding carboxylic acids is 3. The second-order valence-corrected chi connectivity index (χ2v) is 6.39. The molecule has 28 heavy (non-hydrogen) atoms. The summed E-state index contributed by atoms with van der Waals surface area (Å²) in [6.45, 7) is -0.387. The third kappa shape index (κ3) is 6.59. The average Bonchev–Trinajstić information content (AvgIpc) is 2.71. The number of methoxy groups -OCH3 is 1. The van der Waals surface area contributed by atoms with Crippen LogP contribution >= 0.6 is 11.6 Å². The molecular weight excluding hydrogens is 384 g/mol. The highest BCUT2D eigenvalue weighted by atomic mass is 35.5. The number of halogens is 1. The number of hydrogen-bond acceptors (Lipinski definition) is 5. The van der Waals surface area contributed by atoms with Gasteiger partial charge in [0, 0.05) is 24.2 Å². The molecule has 0 aliphatic carbocycles. The van der Waals surface area contributed by atoms with Gasteiger partial charge in [-0.1, -0.05) is 29.8 Å². The summed E-state index contributed by atoms with van der Waals surface area (Å²) in [5, 5.41) is 3.06. The van der Waals surface area contributed by atoms with Crippen molar-refractivity contribution in [1.82, 2.24) is 10.2 Å².